The molecule has 2 aromatic carbocycles. The Labute approximate surface area is 199 Å². The molecule has 4 nitrogen and oxygen atoms in total. The third-order valence-corrected chi connectivity index (χ3v) is 5.72. The minimum absolute atomic E-state index is 0.0648. The van der Waals surface area contributed by atoms with E-state index in [9.17, 15) is 4.79 Å². The fourth-order valence-electron chi connectivity index (χ4n) is 3.34. The Morgan fingerprint density at radius 3 is 2.21 bits per heavy atom. The third kappa shape index (κ3) is 7.24. The zero-order valence-electron chi connectivity index (χ0n) is 20.9. The maximum Gasteiger partial charge on any atom is 0.185 e. The van der Waals surface area contributed by atoms with Gasteiger partial charge in [0.1, 0.15) is 11.5 Å². The number of carbonyl (C=O) groups is 1. The molecule has 4 heteroatoms. The highest BCUT2D eigenvalue weighted by Gasteiger charge is 2.25. The van der Waals surface area contributed by atoms with Crippen molar-refractivity contribution in [3.8, 4) is 11.5 Å². The summed E-state index contributed by atoms with van der Waals surface area (Å²) in [6.45, 7) is 13.8. The first kappa shape index (κ1) is 26.2. The highest BCUT2D eigenvalue weighted by Crippen LogP contribution is 2.40. The third-order valence-electron chi connectivity index (χ3n) is 5.72. The lowest BCUT2D eigenvalue weighted by atomic mass is 9.83. The summed E-state index contributed by atoms with van der Waals surface area (Å²) in [5, 5.41) is 3.07. The first-order chi connectivity index (χ1) is 15.9. The topological polar surface area (TPSA) is 47.6 Å². The van der Waals surface area contributed by atoms with Crippen molar-refractivity contribution in [3.05, 3.63) is 71.8 Å². The molecule has 0 aliphatic heterocycles. The van der Waals surface area contributed by atoms with Crippen molar-refractivity contribution in [2.24, 2.45) is 0 Å². The molecule has 2 aromatic rings. The SMILES string of the molecule is C=CC(C)(C)c1ccc(OCCCC)c(C=CC(=O)c2ccc(NC)cc2)c1OCCCC. The number of benzene rings is 2. The van der Waals surface area contributed by atoms with Crippen LogP contribution < -0.4 is 14.8 Å². The van der Waals surface area contributed by atoms with E-state index in [-0.39, 0.29) is 11.2 Å². The summed E-state index contributed by atoms with van der Waals surface area (Å²) in [6.07, 6.45) is 9.37. The molecular weight excluding hydrogens is 410 g/mol. The summed E-state index contributed by atoms with van der Waals surface area (Å²) in [7, 11) is 1.86. The van der Waals surface area contributed by atoms with Gasteiger partial charge in [-0.1, -0.05) is 52.7 Å². The van der Waals surface area contributed by atoms with Gasteiger partial charge in [0.15, 0.2) is 5.78 Å². The predicted octanol–water partition coefficient (Wildman–Crippen LogP) is 7.45. The summed E-state index contributed by atoms with van der Waals surface area (Å²) in [5.41, 5.74) is 3.14. The van der Waals surface area contributed by atoms with Crippen LogP contribution in [0.2, 0.25) is 0 Å². The number of allylic oxidation sites excluding steroid dienone is 2. The zero-order valence-corrected chi connectivity index (χ0v) is 20.9. The molecular formula is C29H39NO3. The molecule has 0 bridgehead atoms. The van der Waals surface area contributed by atoms with Crippen molar-refractivity contribution < 1.29 is 14.3 Å². The molecule has 0 heterocycles. The number of anilines is 1. The van der Waals surface area contributed by atoms with Gasteiger partial charge in [-0.15, -0.1) is 6.58 Å². The van der Waals surface area contributed by atoms with Crippen molar-refractivity contribution in [3.63, 3.8) is 0 Å². The fraction of sp³-hybridized carbons (Fsp3) is 0.414. The van der Waals surface area contributed by atoms with Crippen molar-refractivity contribution in [2.75, 3.05) is 25.6 Å². The van der Waals surface area contributed by atoms with Crippen LogP contribution >= 0.6 is 0 Å². The highest BCUT2D eigenvalue weighted by atomic mass is 16.5. The Bertz CT molecular complexity index is 942. The molecule has 0 fully saturated rings. The first-order valence-electron chi connectivity index (χ1n) is 11.9. The van der Waals surface area contributed by atoms with Gasteiger partial charge in [0, 0.05) is 29.3 Å². The van der Waals surface area contributed by atoms with Crippen molar-refractivity contribution in [2.45, 2.75) is 58.8 Å². The number of hydrogen-bond acceptors (Lipinski definition) is 4. The number of carbonyl (C=O) groups excluding carboxylic acids is 1. The molecule has 0 spiro atoms. The number of hydrogen-bond donors (Lipinski definition) is 1. The number of nitrogens with one attached hydrogen (secondary N) is 1. The Kier molecular flexibility index (Phi) is 10.2. The van der Waals surface area contributed by atoms with Crippen LogP contribution in [0, 0.1) is 0 Å². The van der Waals surface area contributed by atoms with Gasteiger partial charge in [0.05, 0.1) is 18.8 Å². The number of unbranched alkanes of at least 4 members (excludes halogenated alkanes) is 2. The summed E-state index contributed by atoms with van der Waals surface area (Å²) < 4.78 is 12.4. The van der Waals surface area contributed by atoms with E-state index < -0.39 is 0 Å². The average molecular weight is 450 g/mol. The van der Waals surface area contributed by atoms with Gasteiger partial charge >= 0.3 is 0 Å². The van der Waals surface area contributed by atoms with Crippen LogP contribution in [0.1, 0.15) is 74.9 Å². The highest BCUT2D eigenvalue weighted by molar-refractivity contribution is 6.07. The Hall–Kier alpha value is -3.01. The Morgan fingerprint density at radius 1 is 1.00 bits per heavy atom. The van der Waals surface area contributed by atoms with E-state index in [1.54, 1.807) is 6.08 Å². The van der Waals surface area contributed by atoms with Gasteiger partial charge in [0.2, 0.25) is 0 Å². The van der Waals surface area contributed by atoms with E-state index in [4.69, 9.17) is 9.47 Å². The van der Waals surface area contributed by atoms with E-state index in [0.717, 1.165) is 54.0 Å². The van der Waals surface area contributed by atoms with Crippen LogP contribution in [0.4, 0.5) is 5.69 Å². The van der Waals surface area contributed by atoms with Gasteiger partial charge in [-0.3, -0.25) is 4.79 Å². The largest absolute Gasteiger partial charge is 0.493 e. The molecule has 0 aromatic heterocycles. The van der Waals surface area contributed by atoms with Crippen LogP contribution in [-0.2, 0) is 5.41 Å². The molecule has 0 saturated heterocycles. The van der Waals surface area contributed by atoms with Crippen LogP contribution in [0.15, 0.2) is 55.1 Å². The standard InChI is InChI=1S/C29H39NO3/c1-7-10-20-32-27-19-17-25(29(4,5)9-3)28(33-21-11-8-2)24(27)16-18-26(31)22-12-14-23(30-6)15-13-22/h9,12-19,30H,3,7-8,10-11,20-21H2,1-2,4-6H3. The molecule has 0 aliphatic carbocycles. The summed E-state index contributed by atoms with van der Waals surface area (Å²) in [6, 6.07) is 11.5. The maximum atomic E-state index is 12.9. The van der Waals surface area contributed by atoms with Crippen molar-refractivity contribution >= 4 is 17.5 Å². The van der Waals surface area contributed by atoms with Crippen LogP contribution in [0.25, 0.3) is 6.08 Å². The Morgan fingerprint density at radius 2 is 1.64 bits per heavy atom. The van der Waals surface area contributed by atoms with E-state index in [1.807, 2.05) is 49.5 Å². The molecule has 1 N–H and O–H groups in total. The van der Waals surface area contributed by atoms with Gasteiger partial charge in [-0.2, -0.15) is 0 Å². The molecule has 0 aliphatic rings. The zero-order chi connectivity index (χ0) is 24.3. The molecule has 0 radical (unpaired) electrons. The van der Waals surface area contributed by atoms with Gasteiger partial charge in [0.25, 0.3) is 0 Å². The molecule has 2 rings (SSSR count). The molecule has 0 unspecified atom stereocenters. The van der Waals surface area contributed by atoms with E-state index >= 15 is 0 Å². The van der Waals surface area contributed by atoms with Crippen molar-refractivity contribution in [1.29, 1.82) is 0 Å². The number of ketones is 1. The number of rotatable bonds is 14. The summed E-state index contributed by atoms with van der Waals surface area (Å²) >= 11 is 0. The smallest absolute Gasteiger partial charge is 0.185 e. The van der Waals surface area contributed by atoms with E-state index in [1.165, 1.54) is 0 Å². The van der Waals surface area contributed by atoms with Gasteiger partial charge in [-0.25, -0.2) is 0 Å². The van der Waals surface area contributed by atoms with Gasteiger partial charge in [-0.05, 0) is 55.3 Å². The molecule has 0 saturated carbocycles. The molecule has 33 heavy (non-hydrogen) atoms. The fourth-order valence-corrected chi connectivity index (χ4v) is 3.34. The summed E-state index contributed by atoms with van der Waals surface area (Å²) in [5.74, 6) is 1.43. The normalized spacial score (nSPS) is 11.4. The minimum Gasteiger partial charge on any atom is -0.493 e. The quantitative estimate of drug-likeness (QED) is 0.141. The van der Waals surface area contributed by atoms with Crippen LogP contribution in [0.3, 0.4) is 0 Å². The van der Waals surface area contributed by atoms with Gasteiger partial charge < -0.3 is 14.8 Å². The second kappa shape index (κ2) is 12.9. The molecule has 178 valence electrons. The number of ether oxygens (including phenoxy) is 2. The van der Waals surface area contributed by atoms with Crippen LogP contribution in [0.5, 0.6) is 11.5 Å². The maximum absolute atomic E-state index is 12.9. The minimum atomic E-state index is -0.293. The van der Waals surface area contributed by atoms with Crippen LogP contribution in [-0.4, -0.2) is 26.0 Å². The lowest BCUT2D eigenvalue weighted by Gasteiger charge is -2.26. The summed E-state index contributed by atoms with van der Waals surface area (Å²) in [4.78, 5) is 12.9. The lowest BCUT2D eigenvalue weighted by Crippen LogP contribution is -2.16. The second-order valence-corrected chi connectivity index (χ2v) is 8.71. The molecule has 0 amide bonds. The predicted molar refractivity (Wildman–Crippen MR) is 140 cm³/mol. The lowest BCUT2D eigenvalue weighted by molar-refractivity contribution is 0.104. The average Bonchev–Trinajstić information content (AvgIpc) is 2.83. The first-order valence-corrected chi connectivity index (χ1v) is 11.9. The van der Waals surface area contributed by atoms with E-state index in [0.29, 0.717) is 18.8 Å². The molecule has 0 atom stereocenters. The monoisotopic (exact) mass is 449 g/mol. The second-order valence-electron chi connectivity index (χ2n) is 8.71. The van der Waals surface area contributed by atoms with E-state index in [2.05, 4.69) is 45.7 Å². The van der Waals surface area contributed by atoms with Crippen molar-refractivity contribution in [1.82, 2.24) is 0 Å². The Balaban J connectivity index is 2.52.